The van der Waals surface area contributed by atoms with Crippen LogP contribution in [-0.2, 0) is 16.6 Å². The minimum absolute atomic E-state index is 0.0960. The van der Waals surface area contributed by atoms with Crippen LogP contribution in [0.3, 0.4) is 0 Å². The van der Waals surface area contributed by atoms with Crippen molar-refractivity contribution in [1.29, 1.82) is 0 Å². The lowest BCUT2D eigenvalue weighted by molar-refractivity contribution is -0.148. The Labute approximate surface area is 92.0 Å². The highest BCUT2D eigenvalue weighted by Crippen LogP contribution is 1.94. The van der Waals surface area contributed by atoms with Crippen molar-refractivity contribution in [3.05, 3.63) is 18.2 Å². The standard InChI is InChI=1S/C9H13N3O4/c1-12-4-6(11-5-12)8(13)10-3-7(16-2)9(14)15/h4-5,7H,3H2,1-2H3,(H,10,13)(H,14,15). The van der Waals surface area contributed by atoms with Gasteiger partial charge in [0.2, 0.25) is 0 Å². The number of nitrogens with zero attached hydrogens (tertiary/aromatic N) is 2. The number of ether oxygens (including phenoxy) is 1. The Kier molecular flexibility index (Phi) is 4.01. The molecule has 1 unspecified atom stereocenters. The van der Waals surface area contributed by atoms with E-state index in [9.17, 15) is 9.59 Å². The van der Waals surface area contributed by atoms with Gasteiger partial charge in [-0.25, -0.2) is 9.78 Å². The third-order valence-electron chi connectivity index (χ3n) is 1.95. The van der Waals surface area contributed by atoms with Gasteiger partial charge in [0.1, 0.15) is 5.69 Å². The second-order valence-electron chi connectivity index (χ2n) is 3.20. The number of methoxy groups -OCH3 is 1. The molecule has 0 saturated carbocycles. The molecule has 0 aliphatic carbocycles. The normalized spacial score (nSPS) is 12.1. The van der Waals surface area contributed by atoms with E-state index in [-0.39, 0.29) is 12.2 Å². The Bertz CT molecular complexity index is 388. The summed E-state index contributed by atoms with van der Waals surface area (Å²) in [6.45, 7) is -0.0960. The number of amides is 1. The van der Waals surface area contributed by atoms with E-state index in [1.165, 1.54) is 19.6 Å². The molecule has 16 heavy (non-hydrogen) atoms. The molecular formula is C9H13N3O4. The van der Waals surface area contributed by atoms with E-state index in [1.807, 2.05) is 0 Å². The van der Waals surface area contributed by atoms with E-state index in [1.54, 1.807) is 11.6 Å². The van der Waals surface area contributed by atoms with Gasteiger partial charge in [0.05, 0.1) is 12.9 Å². The Balaban J connectivity index is 2.49. The van der Waals surface area contributed by atoms with Crippen molar-refractivity contribution in [2.75, 3.05) is 13.7 Å². The van der Waals surface area contributed by atoms with Gasteiger partial charge < -0.3 is 19.7 Å². The van der Waals surface area contributed by atoms with Crippen molar-refractivity contribution >= 4 is 11.9 Å². The lowest BCUT2D eigenvalue weighted by Crippen LogP contribution is -2.37. The van der Waals surface area contributed by atoms with E-state index < -0.39 is 18.0 Å². The zero-order chi connectivity index (χ0) is 12.1. The number of carbonyl (C=O) groups excluding carboxylic acids is 1. The Hall–Kier alpha value is -1.89. The minimum Gasteiger partial charge on any atom is -0.479 e. The highest BCUT2D eigenvalue weighted by molar-refractivity contribution is 5.92. The number of rotatable bonds is 5. The Morgan fingerprint density at radius 1 is 1.69 bits per heavy atom. The molecule has 1 aromatic heterocycles. The van der Waals surface area contributed by atoms with E-state index in [2.05, 4.69) is 15.0 Å². The number of carbonyl (C=O) groups is 2. The fourth-order valence-corrected chi connectivity index (χ4v) is 1.08. The summed E-state index contributed by atoms with van der Waals surface area (Å²) in [7, 11) is 3.00. The Morgan fingerprint density at radius 2 is 2.38 bits per heavy atom. The molecule has 0 aliphatic heterocycles. The molecule has 0 aliphatic rings. The van der Waals surface area contributed by atoms with Gasteiger partial charge in [-0.15, -0.1) is 0 Å². The topological polar surface area (TPSA) is 93.5 Å². The van der Waals surface area contributed by atoms with Crippen molar-refractivity contribution in [3.8, 4) is 0 Å². The number of hydrogen-bond donors (Lipinski definition) is 2. The van der Waals surface area contributed by atoms with Gasteiger partial charge in [-0.2, -0.15) is 0 Å². The van der Waals surface area contributed by atoms with Crippen molar-refractivity contribution in [1.82, 2.24) is 14.9 Å². The number of carboxylic acid groups (broad SMARTS) is 1. The number of aromatic nitrogens is 2. The van der Waals surface area contributed by atoms with E-state index in [0.717, 1.165) is 0 Å². The van der Waals surface area contributed by atoms with Crippen LogP contribution in [0.5, 0.6) is 0 Å². The summed E-state index contributed by atoms with van der Waals surface area (Å²) >= 11 is 0. The first-order chi connectivity index (χ1) is 7.54. The van der Waals surface area contributed by atoms with E-state index in [4.69, 9.17) is 5.11 Å². The summed E-state index contributed by atoms with van der Waals surface area (Å²) in [6.07, 6.45) is 1.98. The number of carboxylic acids is 1. The smallest absolute Gasteiger partial charge is 0.334 e. The largest absolute Gasteiger partial charge is 0.479 e. The lowest BCUT2D eigenvalue weighted by atomic mass is 10.3. The van der Waals surface area contributed by atoms with Crippen LogP contribution >= 0.6 is 0 Å². The average molecular weight is 227 g/mol. The van der Waals surface area contributed by atoms with Gasteiger partial charge in [0.15, 0.2) is 6.10 Å². The second kappa shape index (κ2) is 5.26. The van der Waals surface area contributed by atoms with Crippen molar-refractivity contribution in [3.63, 3.8) is 0 Å². The molecule has 0 saturated heterocycles. The zero-order valence-corrected chi connectivity index (χ0v) is 9.01. The van der Waals surface area contributed by atoms with Crippen LogP contribution in [0.4, 0.5) is 0 Å². The molecule has 1 rings (SSSR count). The fraction of sp³-hybridized carbons (Fsp3) is 0.444. The maximum Gasteiger partial charge on any atom is 0.334 e. The third-order valence-corrected chi connectivity index (χ3v) is 1.95. The average Bonchev–Trinajstić information content (AvgIpc) is 2.65. The van der Waals surface area contributed by atoms with E-state index >= 15 is 0 Å². The van der Waals surface area contributed by atoms with Crippen LogP contribution in [0.2, 0.25) is 0 Å². The van der Waals surface area contributed by atoms with Gasteiger partial charge >= 0.3 is 5.97 Å². The SMILES string of the molecule is COC(CNC(=O)c1cn(C)cn1)C(=O)O. The molecule has 0 bridgehead atoms. The van der Waals surface area contributed by atoms with Gasteiger partial charge in [0.25, 0.3) is 5.91 Å². The number of aliphatic carboxylic acids is 1. The van der Waals surface area contributed by atoms with Crippen molar-refractivity contribution in [2.45, 2.75) is 6.10 Å². The van der Waals surface area contributed by atoms with Gasteiger partial charge in [-0.05, 0) is 0 Å². The molecular weight excluding hydrogens is 214 g/mol. The first-order valence-electron chi connectivity index (χ1n) is 4.56. The quantitative estimate of drug-likeness (QED) is 0.690. The monoisotopic (exact) mass is 227 g/mol. The van der Waals surface area contributed by atoms with Crippen LogP contribution in [-0.4, -0.2) is 46.3 Å². The van der Waals surface area contributed by atoms with Crippen LogP contribution < -0.4 is 5.32 Å². The molecule has 7 heteroatoms. The molecule has 7 nitrogen and oxygen atoms in total. The summed E-state index contributed by atoms with van der Waals surface area (Å²) < 4.78 is 6.29. The number of nitrogens with one attached hydrogen (secondary N) is 1. The third kappa shape index (κ3) is 3.06. The maximum absolute atomic E-state index is 11.5. The van der Waals surface area contributed by atoms with Crippen molar-refractivity contribution in [2.24, 2.45) is 7.05 Å². The van der Waals surface area contributed by atoms with Crippen LogP contribution in [0.15, 0.2) is 12.5 Å². The first kappa shape index (κ1) is 12.2. The molecule has 88 valence electrons. The summed E-state index contributed by atoms with van der Waals surface area (Å²) in [5.74, 6) is -1.55. The molecule has 2 N–H and O–H groups in total. The predicted molar refractivity (Wildman–Crippen MR) is 54.0 cm³/mol. The highest BCUT2D eigenvalue weighted by atomic mass is 16.5. The predicted octanol–water partition coefficient (Wildman–Crippen LogP) is -0.750. The molecule has 1 aromatic rings. The molecule has 1 amide bonds. The zero-order valence-electron chi connectivity index (χ0n) is 9.01. The lowest BCUT2D eigenvalue weighted by Gasteiger charge is -2.10. The van der Waals surface area contributed by atoms with E-state index in [0.29, 0.717) is 0 Å². The van der Waals surface area contributed by atoms with Crippen LogP contribution in [0, 0.1) is 0 Å². The minimum atomic E-state index is -1.12. The summed E-state index contributed by atoms with van der Waals surface area (Å²) in [6, 6.07) is 0. The highest BCUT2D eigenvalue weighted by Gasteiger charge is 2.18. The molecule has 0 spiro atoms. The fourth-order valence-electron chi connectivity index (χ4n) is 1.08. The molecule has 0 aromatic carbocycles. The van der Waals surface area contributed by atoms with Gasteiger partial charge in [-0.3, -0.25) is 4.79 Å². The maximum atomic E-state index is 11.5. The molecule has 0 fully saturated rings. The van der Waals surface area contributed by atoms with Crippen LogP contribution in [0.1, 0.15) is 10.5 Å². The molecule has 1 heterocycles. The summed E-state index contributed by atoms with van der Waals surface area (Å²) in [5.41, 5.74) is 0.239. The Morgan fingerprint density at radius 3 is 2.81 bits per heavy atom. The summed E-state index contributed by atoms with van der Waals surface area (Å²) in [4.78, 5) is 25.9. The van der Waals surface area contributed by atoms with Gasteiger partial charge in [0, 0.05) is 20.4 Å². The number of aryl methyl sites for hydroxylation is 1. The second-order valence-corrected chi connectivity index (χ2v) is 3.20. The molecule has 1 atom stereocenters. The number of imidazole rings is 1. The van der Waals surface area contributed by atoms with Crippen LogP contribution in [0.25, 0.3) is 0 Å². The number of hydrogen-bond acceptors (Lipinski definition) is 4. The van der Waals surface area contributed by atoms with Crippen molar-refractivity contribution < 1.29 is 19.4 Å². The van der Waals surface area contributed by atoms with Gasteiger partial charge in [-0.1, -0.05) is 0 Å². The first-order valence-corrected chi connectivity index (χ1v) is 4.56. The molecule has 0 radical (unpaired) electrons. The summed E-state index contributed by atoms with van der Waals surface area (Å²) in [5, 5.41) is 11.1.